The van der Waals surface area contributed by atoms with Gasteiger partial charge in [-0.25, -0.2) is 0 Å². The first-order chi connectivity index (χ1) is 9.35. The van der Waals surface area contributed by atoms with E-state index >= 15 is 0 Å². The third kappa shape index (κ3) is 3.86. The van der Waals surface area contributed by atoms with E-state index < -0.39 is 17.9 Å². The van der Waals surface area contributed by atoms with Gasteiger partial charge in [0, 0.05) is 4.47 Å². The molecule has 0 amide bonds. The van der Waals surface area contributed by atoms with Crippen molar-refractivity contribution in [3.05, 3.63) is 52.8 Å². The SMILES string of the molecule is Fc1c(Oc2ccc(Br)cc2)cccc1OC(F)(F)F. The van der Waals surface area contributed by atoms with Crippen LogP contribution in [-0.2, 0) is 0 Å². The van der Waals surface area contributed by atoms with E-state index in [-0.39, 0.29) is 11.5 Å². The van der Waals surface area contributed by atoms with Crippen LogP contribution in [-0.4, -0.2) is 6.36 Å². The Bertz CT molecular complexity index is 596. The predicted molar refractivity (Wildman–Crippen MR) is 67.3 cm³/mol. The van der Waals surface area contributed by atoms with E-state index in [4.69, 9.17) is 4.74 Å². The lowest BCUT2D eigenvalue weighted by molar-refractivity contribution is -0.275. The topological polar surface area (TPSA) is 18.5 Å². The average molecular weight is 351 g/mol. The zero-order chi connectivity index (χ0) is 14.8. The van der Waals surface area contributed by atoms with Crippen LogP contribution in [0.1, 0.15) is 0 Å². The van der Waals surface area contributed by atoms with Crippen LogP contribution in [0.4, 0.5) is 17.6 Å². The van der Waals surface area contributed by atoms with Crippen molar-refractivity contribution >= 4 is 15.9 Å². The zero-order valence-electron chi connectivity index (χ0n) is 9.75. The number of alkyl halides is 3. The minimum atomic E-state index is -4.96. The molecule has 0 N–H and O–H groups in total. The van der Waals surface area contributed by atoms with E-state index in [0.29, 0.717) is 0 Å². The lowest BCUT2D eigenvalue weighted by Gasteiger charge is -2.12. The van der Waals surface area contributed by atoms with Gasteiger partial charge < -0.3 is 9.47 Å². The molecule has 106 valence electrons. The van der Waals surface area contributed by atoms with E-state index in [0.717, 1.165) is 10.5 Å². The molecule has 2 aromatic rings. The summed E-state index contributed by atoms with van der Waals surface area (Å²) >= 11 is 3.22. The van der Waals surface area contributed by atoms with Gasteiger partial charge in [0.15, 0.2) is 11.5 Å². The Kier molecular flexibility index (Phi) is 4.17. The van der Waals surface area contributed by atoms with Crippen molar-refractivity contribution in [1.29, 1.82) is 0 Å². The second kappa shape index (κ2) is 5.70. The van der Waals surface area contributed by atoms with Crippen LogP contribution in [0.5, 0.6) is 17.2 Å². The van der Waals surface area contributed by atoms with Crippen molar-refractivity contribution in [3.63, 3.8) is 0 Å². The molecule has 0 heterocycles. The van der Waals surface area contributed by atoms with Crippen molar-refractivity contribution in [1.82, 2.24) is 0 Å². The van der Waals surface area contributed by atoms with Crippen LogP contribution >= 0.6 is 15.9 Å². The van der Waals surface area contributed by atoms with Gasteiger partial charge >= 0.3 is 6.36 Å². The van der Waals surface area contributed by atoms with E-state index in [1.165, 1.54) is 12.1 Å². The molecule has 0 aliphatic rings. The highest BCUT2D eigenvalue weighted by molar-refractivity contribution is 9.10. The Hall–Kier alpha value is -1.76. The molecule has 0 radical (unpaired) electrons. The van der Waals surface area contributed by atoms with Gasteiger partial charge in [0.25, 0.3) is 0 Å². The van der Waals surface area contributed by atoms with E-state index in [1.807, 2.05) is 0 Å². The summed E-state index contributed by atoms with van der Waals surface area (Å²) in [4.78, 5) is 0. The number of benzene rings is 2. The molecule has 7 heteroatoms. The number of hydrogen-bond acceptors (Lipinski definition) is 2. The second-order valence-electron chi connectivity index (χ2n) is 3.67. The van der Waals surface area contributed by atoms with Crippen LogP contribution in [0.15, 0.2) is 46.9 Å². The minimum absolute atomic E-state index is 0.288. The van der Waals surface area contributed by atoms with Crippen molar-refractivity contribution in [2.45, 2.75) is 6.36 Å². The molecular weight excluding hydrogens is 344 g/mol. The highest BCUT2D eigenvalue weighted by Crippen LogP contribution is 2.33. The summed E-state index contributed by atoms with van der Waals surface area (Å²) in [7, 11) is 0. The summed E-state index contributed by atoms with van der Waals surface area (Å²) in [5.74, 6) is -2.22. The Morgan fingerprint density at radius 3 is 2.10 bits per heavy atom. The molecule has 0 fully saturated rings. The molecule has 0 aliphatic carbocycles. The highest BCUT2D eigenvalue weighted by Gasteiger charge is 2.33. The largest absolute Gasteiger partial charge is 0.573 e. The summed E-state index contributed by atoms with van der Waals surface area (Å²) in [5.41, 5.74) is 0. The van der Waals surface area contributed by atoms with Crippen LogP contribution in [0, 0.1) is 5.82 Å². The van der Waals surface area contributed by atoms with Gasteiger partial charge in [-0.3, -0.25) is 0 Å². The maximum atomic E-state index is 13.8. The van der Waals surface area contributed by atoms with Gasteiger partial charge in [-0.15, -0.1) is 13.2 Å². The summed E-state index contributed by atoms with van der Waals surface area (Å²) < 4.78 is 59.6. The smallest absolute Gasteiger partial charge is 0.454 e. The Balaban J connectivity index is 2.24. The number of rotatable bonds is 3. The Labute approximate surface area is 120 Å². The fourth-order valence-electron chi connectivity index (χ4n) is 1.40. The van der Waals surface area contributed by atoms with E-state index in [9.17, 15) is 17.6 Å². The second-order valence-corrected chi connectivity index (χ2v) is 4.59. The summed E-state index contributed by atoms with van der Waals surface area (Å²) in [6.07, 6.45) is -4.96. The monoisotopic (exact) mass is 350 g/mol. The number of halogens is 5. The van der Waals surface area contributed by atoms with Crippen LogP contribution in [0.3, 0.4) is 0 Å². The highest BCUT2D eigenvalue weighted by atomic mass is 79.9. The van der Waals surface area contributed by atoms with Crippen molar-refractivity contribution in [2.24, 2.45) is 0 Å². The summed E-state index contributed by atoms with van der Waals surface area (Å²) in [5, 5.41) is 0. The average Bonchev–Trinajstić information content (AvgIpc) is 2.35. The first-order valence-electron chi connectivity index (χ1n) is 5.33. The maximum Gasteiger partial charge on any atom is 0.573 e. The number of hydrogen-bond donors (Lipinski definition) is 0. The van der Waals surface area contributed by atoms with Crippen LogP contribution in [0.25, 0.3) is 0 Å². The van der Waals surface area contributed by atoms with Gasteiger partial charge in [-0.05, 0) is 36.4 Å². The van der Waals surface area contributed by atoms with Gasteiger partial charge in [0.05, 0.1) is 0 Å². The fraction of sp³-hybridized carbons (Fsp3) is 0.0769. The van der Waals surface area contributed by atoms with E-state index in [1.54, 1.807) is 24.3 Å². The Morgan fingerprint density at radius 1 is 0.900 bits per heavy atom. The molecular formula is C13H7BrF4O2. The van der Waals surface area contributed by atoms with Gasteiger partial charge in [-0.1, -0.05) is 22.0 Å². The normalized spacial score (nSPS) is 11.2. The van der Waals surface area contributed by atoms with Crippen molar-refractivity contribution in [2.75, 3.05) is 0 Å². The van der Waals surface area contributed by atoms with Crippen molar-refractivity contribution < 1.29 is 27.0 Å². The predicted octanol–water partition coefficient (Wildman–Crippen LogP) is 5.28. The summed E-state index contributed by atoms with van der Waals surface area (Å²) in [6.45, 7) is 0. The lowest BCUT2D eigenvalue weighted by Crippen LogP contribution is -2.18. The number of ether oxygens (including phenoxy) is 2. The maximum absolute atomic E-state index is 13.8. The molecule has 0 atom stereocenters. The third-order valence-corrected chi connectivity index (χ3v) is 2.72. The van der Waals surface area contributed by atoms with Gasteiger partial charge in [0.1, 0.15) is 5.75 Å². The van der Waals surface area contributed by atoms with Gasteiger partial charge in [0.2, 0.25) is 5.82 Å². The van der Waals surface area contributed by atoms with Crippen LogP contribution < -0.4 is 9.47 Å². The zero-order valence-corrected chi connectivity index (χ0v) is 11.3. The Morgan fingerprint density at radius 2 is 1.50 bits per heavy atom. The van der Waals surface area contributed by atoms with Crippen LogP contribution in [0.2, 0.25) is 0 Å². The lowest BCUT2D eigenvalue weighted by atomic mass is 10.3. The molecule has 0 bridgehead atoms. The molecule has 2 aromatic carbocycles. The molecule has 2 nitrogen and oxygen atoms in total. The summed E-state index contributed by atoms with van der Waals surface area (Å²) in [6, 6.07) is 9.68. The molecule has 0 aliphatic heterocycles. The van der Waals surface area contributed by atoms with Gasteiger partial charge in [-0.2, -0.15) is 4.39 Å². The third-order valence-electron chi connectivity index (χ3n) is 2.19. The quantitative estimate of drug-likeness (QED) is 0.701. The molecule has 0 unspecified atom stereocenters. The molecule has 0 spiro atoms. The molecule has 2 rings (SSSR count). The van der Waals surface area contributed by atoms with Crippen molar-refractivity contribution in [3.8, 4) is 17.2 Å². The molecule has 0 aromatic heterocycles. The fourth-order valence-corrected chi connectivity index (χ4v) is 1.67. The molecule has 0 saturated carbocycles. The first-order valence-corrected chi connectivity index (χ1v) is 6.12. The standard InChI is InChI=1S/C13H7BrF4O2/c14-8-4-6-9(7-5-8)19-10-2-1-3-11(12(10)15)20-13(16,17)18/h1-7H. The molecule has 20 heavy (non-hydrogen) atoms. The minimum Gasteiger partial charge on any atom is -0.454 e. The molecule has 0 saturated heterocycles. The first kappa shape index (κ1) is 14.6. The van der Waals surface area contributed by atoms with E-state index in [2.05, 4.69) is 20.7 Å².